The Morgan fingerprint density at radius 1 is 1.15 bits per heavy atom. The van der Waals surface area contributed by atoms with Crippen molar-refractivity contribution in [3.8, 4) is 0 Å². The van der Waals surface area contributed by atoms with Crippen LogP contribution in [0.2, 0.25) is 5.02 Å². The zero-order valence-electron chi connectivity index (χ0n) is 15.1. The molecule has 0 saturated heterocycles. The Morgan fingerprint density at radius 3 is 2.62 bits per heavy atom. The SMILES string of the molecule is CCNC(=NCC(C)c1cccs1)NCCNC(=O)c1ccccc1Cl. The monoisotopic (exact) mass is 392 g/mol. The van der Waals surface area contributed by atoms with Gasteiger partial charge in [0.05, 0.1) is 17.1 Å². The van der Waals surface area contributed by atoms with Crippen molar-refractivity contribution in [2.75, 3.05) is 26.2 Å². The molecule has 1 amide bonds. The minimum Gasteiger partial charge on any atom is -0.357 e. The van der Waals surface area contributed by atoms with Crippen LogP contribution in [0.15, 0.2) is 46.8 Å². The Balaban J connectivity index is 1.78. The summed E-state index contributed by atoms with van der Waals surface area (Å²) in [7, 11) is 0. The van der Waals surface area contributed by atoms with Crippen LogP contribution in [0.3, 0.4) is 0 Å². The Bertz CT molecular complexity index is 718. The van der Waals surface area contributed by atoms with Crippen molar-refractivity contribution in [1.29, 1.82) is 0 Å². The van der Waals surface area contributed by atoms with E-state index in [1.807, 2.05) is 6.92 Å². The molecule has 0 spiro atoms. The van der Waals surface area contributed by atoms with Gasteiger partial charge in [-0.3, -0.25) is 9.79 Å². The Labute approximate surface area is 163 Å². The zero-order valence-corrected chi connectivity index (χ0v) is 16.7. The van der Waals surface area contributed by atoms with Crippen LogP contribution in [0.25, 0.3) is 0 Å². The van der Waals surface area contributed by atoms with Crippen LogP contribution in [0.1, 0.15) is 35.0 Å². The second kappa shape index (κ2) is 10.8. The Morgan fingerprint density at radius 2 is 1.92 bits per heavy atom. The number of carbonyl (C=O) groups excluding carboxylic acids is 1. The van der Waals surface area contributed by atoms with Crippen molar-refractivity contribution in [2.24, 2.45) is 4.99 Å². The summed E-state index contributed by atoms with van der Waals surface area (Å²) in [4.78, 5) is 18.1. The van der Waals surface area contributed by atoms with Gasteiger partial charge in [-0.05, 0) is 30.5 Å². The highest BCUT2D eigenvalue weighted by atomic mass is 35.5. The summed E-state index contributed by atoms with van der Waals surface area (Å²) in [5.41, 5.74) is 0.486. The molecule has 1 heterocycles. The molecule has 1 atom stereocenters. The standard InChI is InChI=1S/C19H25ClN4OS/c1-3-21-19(24-13-14(2)17-9-6-12-26-17)23-11-10-22-18(25)15-7-4-5-8-16(15)20/h4-9,12,14H,3,10-11,13H2,1-2H3,(H,22,25)(H2,21,23,24). The van der Waals surface area contributed by atoms with E-state index in [9.17, 15) is 4.79 Å². The molecular formula is C19H25ClN4OS. The number of halogens is 1. The molecule has 0 aliphatic rings. The molecule has 1 aromatic heterocycles. The van der Waals surface area contributed by atoms with Gasteiger partial charge in [0.2, 0.25) is 0 Å². The van der Waals surface area contributed by atoms with Gasteiger partial charge < -0.3 is 16.0 Å². The Hall–Kier alpha value is -2.05. The van der Waals surface area contributed by atoms with Crippen molar-refractivity contribution in [2.45, 2.75) is 19.8 Å². The summed E-state index contributed by atoms with van der Waals surface area (Å²) in [5, 5.41) is 11.9. The fourth-order valence-electron chi connectivity index (χ4n) is 2.33. The number of amides is 1. The number of guanidine groups is 1. The van der Waals surface area contributed by atoms with Gasteiger partial charge in [-0.1, -0.05) is 36.7 Å². The van der Waals surface area contributed by atoms with E-state index in [0.717, 1.165) is 12.5 Å². The number of nitrogens with one attached hydrogen (secondary N) is 3. The number of benzene rings is 1. The third kappa shape index (κ3) is 6.35. The summed E-state index contributed by atoms with van der Waals surface area (Å²) in [5.74, 6) is 0.957. The quantitative estimate of drug-likeness (QED) is 0.366. The second-order valence-corrected chi connectivity index (χ2v) is 7.19. The van der Waals surface area contributed by atoms with E-state index in [2.05, 4.69) is 45.4 Å². The normalized spacial score (nSPS) is 12.5. The smallest absolute Gasteiger partial charge is 0.252 e. The van der Waals surface area contributed by atoms with E-state index in [0.29, 0.717) is 36.1 Å². The molecule has 2 rings (SSSR count). The maximum Gasteiger partial charge on any atom is 0.252 e. The van der Waals surface area contributed by atoms with Gasteiger partial charge in [0.25, 0.3) is 5.91 Å². The van der Waals surface area contributed by atoms with Crippen LogP contribution >= 0.6 is 22.9 Å². The molecule has 0 fully saturated rings. The second-order valence-electron chi connectivity index (χ2n) is 5.80. The topological polar surface area (TPSA) is 65.5 Å². The molecule has 2 aromatic rings. The van der Waals surface area contributed by atoms with Gasteiger partial charge in [0.15, 0.2) is 5.96 Å². The highest BCUT2D eigenvalue weighted by molar-refractivity contribution is 7.10. The molecule has 26 heavy (non-hydrogen) atoms. The maximum absolute atomic E-state index is 12.1. The predicted molar refractivity (Wildman–Crippen MR) is 111 cm³/mol. The van der Waals surface area contributed by atoms with E-state index in [-0.39, 0.29) is 5.91 Å². The number of aliphatic imine (C=N–C) groups is 1. The number of hydrogen-bond acceptors (Lipinski definition) is 3. The number of rotatable bonds is 8. The molecular weight excluding hydrogens is 368 g/mol. The molecule has 0 aliphatic heterocycles. The van der Waals surface area contributed by atoms with Crippen molar-refractivity contribution in [3.05, 3.63) is 57.2 Å². The summed E-state index contributed by atoms with van der Waals surface area (Å²) in [6.45, 7) is 6.75. The van der Waals surface area contributed by atoms with E-state index in [1.54, 1.807) is 35.6 Å². The zero-order chi connectivity index (χ0) is 18.8. The number of thiophene rings is 1. The van der Waals surface area contributed by atoms with E-state index in [1.165, 1.54) is 4.88 Å². The highest BCUT2D eigenvalue weighted by Gasteiger charge is 2.09. The fraction of sp³-hybridized carbons (Fsp3) is 0.368. The first-order valence-electron chi connectivity index (χ1n) is 8.70. The average molecular weight is 393 g/mol. The maximum atomic E-state index is 12.1. The first-order valence-corrected chi connectivity index (χ1v) is 9.96. The van der Waals surface area contributed by atoms with Crippen LogP contribution in [0.4, 0.5) is 0 Å². The van der Waals surface area contributed by atoms with Gasteiger partial charge in [-0.15, -0.1) is 11.3 Å². The van der Waals surface area contributed by atoms with Crippen molar-refractivity contribution in [1.82, 2.24) is 16.0 Å². The molecule has 0 saturated carbocycles. The van der Waals surface area contributed by atoms with Crippen molar-refractivity contribution >= 4 is 34.8 Å². The first kappa shape index (κ1) is 20.3. The fourth-order valence-corrected chi connectivity index (χ4v) is 3.33. The molecule has 5 nitrogen and oxygen atoms in total. The predicted octanol–water partition coefficient (Wildman–Crippen LogP) is 3.49. The minimum absolute atomic E-state index is 0.175. The van der Waals surface area contributed by atoms with Gasteiger partial charge >= 0.3 is 0 Å². The van der Waals surface area contributed by atoms with E-state index >= 15 is 0 Å². The molecule has 140 valence electrons. The van der Waals surface area contributed by atoms with E-state index < -0.39 is 0 Å². The molecule has 3 N–H and O–H groups in total. The van der Waals surface area contributed by atoms with Gasteiger partial charge in [0, 0.05) is 30.4 Å². The minimum atomic E-state index is -0.175. The first-order chi connectivity index (χ1) is 12.6. The number of carbonyl (C=O) groups is 1. The van der Waals surface area contributed by atoms with E-state index in [4.69, 9.17) is 11.6 Å². The summed E-state index contributed by atoms with van der Waals surface area (Å²) in [6, 6.07) is 11.2. The third-order valence-corrected chi connectivity index (χ3v) is 5.15. The van der Waals surface area contributed by atoms with Gasteiger partial charge in [-0.2, -0.15) is 0 Å². The molecule has 1 unspecified atom stereocenters. The Kier molecular flexibility index (Phi) is 8.44. The molecule has 1 aromatic carbocycles. The highest BCUT2D eigenvalue weighted by Crippen LogP contribution is 2.20. The van der Waals surface area contributed by atoms with Crippen molar-refractivity contribution in [3.63, 3.8) is 0 Å². The third-order valence-electron chi connectivity index (χ3n) is 3.72. The lowest BCUT2D eigenvalue weighted by molar-refractivity contribution is 0.0954. The molecule has 7 heteroatoms. The largest absolute Gasteiger partial charge is 0.357 e. The van der Waals surface area contributed by atoms with Crippen LogP contribution in [-0.4, -0.2) is 38.0 Å². The van der Waals surface area contributed by atoms with Crippen LogP contribution < -0.4 is 16.0 Å². The lowest BCUT2D eigenvalue weighted by Gasteiger charge is -2.13. The number of nitrogens with zero attached hydrogens (tertiary/aromatic N) is 1. The lowest BCUT2D eigenvalue weighted by Crippen LogP contribution is -2.41. The summed E-state index contributed by atoms with van der Waals surface area (Å²) >= 11 is 7.78. The van der Waals surface area contributed by atoms with Crippen LogP contribution in [0, 0.1) is 0 Å². The van der Waals surface area contributed by atoms with Crippen molar-refractivity contribution < 1.29 is 4.79 Å². The van der Waals surface area contributed by atoms with Gasteiger partial charge in [0.1, 0.15) is 0 Å². The number of hydrogen-bond donors (Lipinski definition) is 3. The summed E-state index contributed by atoms with van der Waals surface area (Å²) < 4.78 is 0. The lowest BCUT2D eigenvalue weighted by atomic mass is 10.1. The van der Waals surface area contributed by atoms with Crippen LogP contribution in [0.5, 0.6) is 0 Å². The molecule has 0 aliphatic carbocycles. The summed E-state index contributed by atoms with van der Waals surface area (Å²) in [6.07, 6.45) is 0. The average Bonchev–Trinajstić information content (AvgIpc) is 3.18. The van der Waals surface area contributed by atoms with Gasteiger partial charge in [-0.25, -0.2) is 0 Å². The van der Waals surface area contributed by atoms with Crippen LogP contribution in [-0.2, 0) is 0 Å². The molecule has 0 bridgehead atoms. The molecule has 0 radical (unpaired) electrons.